The van der Waals surface area contributed by atoms with Crippen LogP contribution >= 0.6 is 11.3 Å². The maximum Gasteiger partial charge on any atom is 0.271 e. The summed E-state index contributed by atoms with van der Waals surface area (Å²) in [6.07, 6.45) is 7.21. The van der Waals surface area contributed by atoms with Gasteiger partial charge in [-0.05, 0) is 59.4 Å². The van der Waals surface area contributed by atoms with Gasteiger partial charge in [-0.25, -0.2) is 4.99 Å². The highest BCUT2D eigenvalue weighted by molar-refractivity contribution is 7.07. The molecule has 0 saturated heterocycles. The zero-order valence-electron chi connectivity index (χ0n) is 18.1. The van der Waals surface area contributed by atoms with E-state index in [2.05, 4.69) is 41.4 Å². The van der Waals surface area contributed by atoms with Crippen LogP contribution in [0.25, 0.3) is 11.8 Å². The highest BCUT2D eigenvalue weighted by Crippen LogP contribution is 2.41. The van der Waals surface area contributed by atoms with Gasteiger partial charge in [-0.15, -0.1) is 0 Å². The first-order valence-electron chi connectivity index (χ1n) is 10.9. The Hall–Kier alpha value is -3.77. The molecule has 0 spiro atoms. The fourth-order valence-electron chi connectivity index (χ4n) is 4.72. The molecular formula is C27H21N3O2S. The third kappa shape index (κ3) is 3.34. The van der Waals surface area contributed by atoms with Crippen molar-refractivity contribution in [1.82, 2.24) is 9.55 Å². The number of aryl methyl sites for hydroxylation is 1. The lowest BCUT2D eigenvalue weighted by Gasteiger charge is -2.30. The Morgan fingerprint density at radius 3 is 2.70 bits per heavy atom. The van der Waals surface area contributed by atoms with Crippen LogP contribution in [0.2, 0.25) is 0 Å². The van der Waals surface area contributed by atoms with Gasteiger partial charge < -0.3 is 4.74 Å². The van der Waals surface area contributed by atoms with Crippen molar-refractivity contribution in [2.24, 2.45) is 4.99 Å². The Kier molecular flexibility index (Phi) is 4.80. The molecule has 162 valence electrons. The van der Waals surface area contributed by atoms with Gasteiger partial charge in [0.05, 0.1) is 23.4 Å². The topological polar surface area (TPSA) is 56.5 Å². The highest BCUT2D eigenvalue weighted by atomic mass is 32.1. The minimum absolute atomic E-state index is 0.0196. The van der Waals surface area contributed by atoms with Gasteiger partial charge in [-0.1, -0.05) is 53.8 Å². The van der Waals surface area contributed by atoms with Crippen LogP contribution in [0.15, 0.2) is 88.4 Å². The third-order valence-electron chi connectivity index (χ3n) is 6.29. The van der Waals surface area contributed by atoms with Crippen molar-refractivity contribution in [2.45, 2.75) is 18.9 Å². The van der Waals surface area contributed by atoms with Crippen molar-refractivity contribution >= 4 is 23.1 Å². The quantitative estimate of drug-likeness (QED) is 0.477. The predicted octanol–water partition coefficient (Wildman–Crippen LogP) is 3.72. The zero-order valence-corrected chi connectivity index (χ0v) is 18.9. The van der Waals surface area contributed by atoms with Crippen LogP contribution in [0.4, 0.5) is 0 Å². The van der Waals surface area contributed by atoms with E-state index in [1.165, 1.54) is 28.0 Å². The van der Waals surface area contributed by atoms with Gasteiger partial charge in [0.25, 0.3) is 5.56 Å². The van der Waals surface area contributed by atoms with Crippen LogP contribution in [0.5, 0.6) is 5.75 Å². The Morgan fingerprint density at radius 2 is 1.91 bits per heavy atom. The summed E-state index contributed by atoms with van der Waals surface area (Å²) in [5.74, 6) is 0.797. The van der Waals surface area contributed by atoms with E-state index in [4.69, 9.17) is 9.73 Å². The van der Waals surface area contributed by atoms with Crippen molar-refractivity contribution in [3.05, 3.63) is 121 Å². The largest absolute Gasteiger partial charge is 0.497 e. The zero-order chi connectivity index (χ0) is 22.4. The number of methoxy groups -OCH3 is 1. The number of thiazole rings is 1. The maximum absolute atomic E-state index is 13.7. The van der Waals surface area contributed by atoms with E-state index >= 15 is 0 Å². The van der Waals surface area contributed by atoms with Gasteiger partial charge in [-0.2, -0.15) is 0 Å². The number of hydrogen-bond donors (Lipinski definition) is 0. The van der Waals surface area contributed by atoms with Crippen LogP contribution in [-0.4, -0.2) is 16.7 Å². The van der Waals surface area contributed by atoms with Crippen molar-refractivity contribution < 1.29 is 4.74 Å². The molecule has 0 radical (unpaired) electrons. The maximum atomic E-state index is 13.7. The van der Waals surface area contributed by atoms with Crippen molar-refractivity contribution in [2.75, 3.05) is 7.11 Å². The minimum Gasteiger partial charge on any atom is -0.497 e. The molecule has 0 N–H and O–H groups in total. The minimum atomic E-state index is -0.188. The average molecular weight is 452 g/mol. The number of ether oxygens (including phenoxy) is 1. The van der Waals surface area contributed by atoms with Crippen LogP contribution in [0.1, 0.15) is 34.7 Å². The summed E-state index contributed by atoms with van der Waals surface area (Å²) in [7, 11) is 1.66. The molecule has 1 aliphatic carbocycles. The second-order valence-corrected chi connectivity index (χ2v) is 9.18. The molecule has 1 aliphatic heterocycles. The van der Waals surface area contributed by atoms with Crippen LogP contribution in [0.3, 0.4) is 0 Å². The second-order valence-electron chi connectivity index (χ2n) is 8.17. The second kappa shape index (κ2) is 7.98. The molecule has 6 heteroatoms. The van der Waals surface area contributed by atoms with E-state index in [0.29, 0.717) is 4.53 Å². The van der Waals surface area contributed by atoms with Crippen LogP contribution < -0.4 is 19.6 Å². The Labute approximate surface area is 194 Å². The SMILES string of the molecule is COc1ccc([C@@H]2C3=C(N=c4s/c(=C\c5cccnc5)c(=O)n42)c2ccccc2CC3)cc1. The standard InChI is InChI=1S/C27H21N3O2S/c1-32-20-11-8-19(9-12-20)25-22-13-10-18-6-2-3-7-21(18)24(22)29-27-30(25)26(31)23(33-27)15-17-5-4-14-28-16-17/h2-9,11-12,14-16,25H,10,13H2,1H3/b23-15-/t25-/m1/s1. The van der Waals surface area contributed by atoms with E-state index in [1.54, 1.807) is 19.5 Å². The summed E-state index contributed by atoms with van der Waals surface area (Å²) >= 11 is 1.43. The molecule has 2 aromatic carbocycles. The smallest absolute Gasteiger partial charge is 0.271 e. The molecule has 0 saturated carbocycles. The van der Waals surface area contributed by atoms with Gasteiger partial charge >= 0.3 is 0 Å². The summed E-state index contributed by atoms with van der Waals surface area (Å²) in [5, 5.41) is 0. The lowest BCUT2D eigenvalue weighted by molar-refractivity contribution is 0.414. The normalized spacial score (nSPS) is 17.1. The molecule has 2 aromatic heterocycles. The predicted molar refractivity (Wildman–Crippen MR) is 130 cm³/mol. The van der Waals surface area contributed by atoms with E-state index in [9.17, 15) is 4.79 Å². The Morgan fingerprint density at radius 1 is 1.06 bits per heavy atom. The number of rotatable bonds is 3. The first-order valence-corrected chi connectivity index (χ1v) is 11.7. The number of pyridine rings is 1. The summed E-state index contributed by atoms with van der Waals surface area (Å²) in [4.78, 5) is 23.6. The van der Waals surface area contributed by atoms with E-state index < -0.39 is 0 Å². The monoisotopic (exact) mass is 451 g/mol. The van der Waals surface area contributed by atoms with Crippen LogP contribution in [-0.2, 0) is 6.42 Å². The first-order chi connectivity index (χ1) is 16.2. The number of benzene rings is 2. The van der Waals surface area contributed by atoms with E-state index in [-0.39, 0.29) is 11.6 Å². The van der Waals surface area contributed by atoms with Crippen molar-refractivity contribution in [1.29, 1.82) is 0 Å². The summed E-state index contributed by atoms with van der Waals surface area (Å²) in [6, 6.07) is 20.1. The lowest BCUT2D eigenvalue weighted by Crippen LogP contribution is -2.38. The van der Waals surface area contributed by atoms with E-state index in [1.807, 2.05) is 34.9 Å². The molecule has 2 aliphatic rings. The average Bonchev–Trinajstić information content (AvgIpc) is 3.18. The number of hydrogen-bond acceptors (Lipinski definition) is 5. The number of aromatic nitrogens is 2. The molecule has 5 nitrogen and oxygen atoms in total. The van der Waals surface area contributed by atoms with Gasteiger partial charge in [0, 0.05) is 18.0 Å². The van der Waals surface area contributed by atoms with Gasteiger partial charge in [0.15, 0.2) is 4.80 Å². The number of allylic oxidation sites excluding steroid dienone is 1. The number of fused-ring (bicyclic) bond motifs is 3. The molecule has 6 rings (SSSR count). The summed E-state index contributed by atoms with van der Waals surface area (Å²) < 4.78 is 7.89. The van der Waals surface area contributed by atoms with Crippen molar-refractivity contribution in [3.8, 4) is 5.75 Å². The molecule has 1 atom stereocenters. The molecule has 0 fully saturated rings. The molecule has 3 heterocycles. The molecular weight excluding hydrogens is 430 g/mol. The van der Waals surface area contributed by atoms with Gasteiger partial charge in [0.1, 0.15) is 5.75 Å². The lowest BCUT2D eigenvalue weighted by atomic mass is 9.83. The molecule has 4 aromatic rings. The van der Waals surface area contributed by atoms with Gasteiger partial charge in [0.2, 0.25) is 0 Å². The van der Waals surface area contributed by atoms with Gasteiger partial charge in [-0.3, -0.25) is 14.3 Å². The molecule has 33 heavy (non-hydrogen) atoms. The number of nitrogens with zero attached hydrogens (tertiary/aromatic N) is 3. The fourth-order valence-corrected chi connectivity index (χ4v) is 5.72. The third-order valence-corrected chi connectivity index (χ3v) is 7.27. The Bertz CT molecular complexity index is 1560. The fraction of sp³-hybridized carbons (Fsp3) is 0.148. The van der Waals surface area contributed by atoms with Crippen molar-refractivity contribution in [3.63, 3.8) is 0 Å². The molecule has 0 amide bonds. The molecule has 0 unspecified atom stereocenters. The van der Waals surface area contributed by atoms with Crippen LogP contribution in [0, 0.1) is 0 Å². The molecule has 0 bridgehead atoms. The summed E-state index contributed by atoms with van der Waals surface area (Å²) in [5.41, 5.74) is 6.62. The highest BCUT2D eigenvalue weighted by Gasteiger charge is 2.32. The first kappa shape index (κ1) is 19.9. The Balaban J connectivity index is 1.62. The van der Waals surface area contributed by atoms with E-state index in [0.717, 1.165) is 40.2 Å². The summed E-state index contributed by atoms with van der Waals surface area (Å²) in [6.45, 7) is 0.